The summed E-state index contributed by atoms with van der Waals surface area (Å²) in [6.45, 7) is 0.840. The molecule has 0 amide bonds. The van der Waals surface area contributed by atoms with Gasteiger partial charge in [-0.1, -0.05) is 11.6 Å². The van der Waals surface area contributed by atoms with Gasteiger partial charge in [-0.3, -0.25) is 0 Å². The zero-order valence-corrected chi connectivity index (χ0v) is 13.3. The molecule has 1 saturated heterocycles. The van der Waals surface area contributed by atoms with Crippen LogP contribution in [-0.2, 0) is 10.0 Å². The predicted molar refractivity (Wildman–Crippen MR) is 77.8 cm³/mol. The smallest absolute Gasteiger partial charge is 0.243 e. The van der Waals surface area contributed by atoms with Crippen molar-refractivity contribution in [2.24, 2.45) is 5.73 Å². The van der Waals surface area contributed by atoms with E-state index in [-0.39, 0.29) is 23.3 Å². The lowest BCUT2D eigenvalue weighted by Gasteiger charge is -2.16. The van der Waals surface area contributed by atoms with Crippen LogP contribution in [-0.4, -0.2) is 31.9 Å². The van der Waals surface area contributed by atoms with Crippen molar-refractivity contribution in [2.45, 2.75) is 17.4 Å². The molecule has 1 fully saturated rings. The Balaban J connectivity index is 0.00000162. The normalized spacial score (nSPS) is 20.7. The molecule has 8 heteroatoms. The number of nitrogens with zero attached hydrogens (tertiary/aromatic N) is 1. The summed E-state index contributed by atoms with van der Waals surface area (Å²) in [5.41, 5.74) is 5.71. The molecule has 0 aromatic heterocycles. The van der Waals surface area contributed by atoms with Crippen LogP contribution in [0.25, 0.3) is 0 Å². The molecule has 1 aliphatic rings. The summed E-state index contributed by atoms with van der Waals surface area (Å²) < 4.78 is 26.6. The number of benzene rings is 1. The van der Waals surface area contributed by atoms with Crippen LogP contribution in [0.5, 0.6) is 0 Å². The van der Waals surface area contributed by atoms with Crippen LogP contribution in [0, 0.1) is 0 Å². The van der Waals surface area contributed by atoms with E-state index in [0.717, 1.165) is 0 Å². The standard InChI is InChI=1S/C10H12BrClN2O2S.ClH/c11-9-2-1-8(5-10(9)12)17(15,16)14-4-3-7(13)6-14;/h1-2,5,7H,3-4,6,13H2;1H/t7-;/m1./s1. The van der Waals surface area contributed by atoms with Gasteiger partial charge in [0.05, 0.1) is 9.92 Å². The summed E-state index contributed by atoms with van der Waals surface area (Å²) in [4.78, 5) is 0.208. The number of rotatable bonds is 2. The lowest BCUT2D eigenvalue weighted by atomic mass is 10.3. The Bertz CT molecular complexity index is 539. The number of nitrogens with two attached hydrogens (primary N) is 1. The summed E-state index contributed by atoms with van der Waals surface area (Å²) in [5.74, 6) is 0. The maximum Gasteiger partial charge on any atom is 0.243 e. The van der Waals surface area contributed by atoms with E-state index in [0.29, 0.717) is 29.0 Å². The van der Waals surface area contributed by atoms with E-state index in [4.69, 9.17) is 17.3 Å². The van der Waals surface area contributed by atoms with Gasteiger partial charge >= 0.3 is 0 Å². The van der Waals surface area contributed by atoms with Gasteiger partial charge in [0, 0.05) is 23.6 Å². The lowest BCUT2D eigenvalue weighted by Crippen LogP contribution is -2.31. The SMILES string of the molecule is Cl.N[C@@H]1CCN(S(=O)(=O)c2ccc(Br)c(Cl)c2)C1. The van der Waals surface area contributed by atoms with Crippen molar-refractivity contribution < 1.29 is 8.42 Å². The maximum atomic E-state index is 12.2. The highest BCUT2D eigenvalue weighted by Crippen LogP contribution is 2.28. The molecule has 1 atom stereocenters. The molecule has 1 aliphatic heterocycles. The van der Waals surface area contributed by atoms with E-state index >= 15 is 0 Å². The Morgan fingerprint density at radius 3 is 2.61 bits per heavy atom. The van der Waals surface area contributed by atoms with E-state index < -0.39 is 10.0 Å². The fraction of sp³-hybridized carbons (Fsp3) is 0.400. The third-order valence-corrected chi connectivity index (χ3v) is 5.81. The number of hydrogen-bond acceptors (Lipinski definition) is 3. The first-order valence-electron chi connectivity index (χ1n) is 5.12. The highest BCUT2D eigenvalue weighted by molar-refractivity contribution is 9.10. The first kappa shape index (κ1) is 16.2. The molecule has 0 spiro atoms. The van der Waals surface area contributed by atoms with E-state index in [1.54, 1.807) is 6.07 Å². The zero-order valence-electron chi connectivity index (χ0n) is 9.34. The van der Waals surface area contributed by atoms with Crippen LogP contribution in [0.1, 0.15) is 6.42 Å². The summed E-state index contributed by atoms with van der Waals surface area (Å²) >= 11 is 9.13. The molecule has 0 saturated carbocycles. The Labute approximate surface area is 126 Å². The fourth-order valence-corrected chi connectivity index (χ4v) is 3.79. The van der Waals surface area contributed by atoms with Gasteiger partial charge in [0.2, 0.25) is 10.0 Å². The second-order valence-electron chi connectivity index (χ2n) is 3.99. The van der Waals surface area contributed by atoms with Crippen LogP contribution in [0.3, 0.4) is 0 Å². The average Bonchev–Trinajstić information content (AvgIpc) is 2.69. The van der Waals surface area contributed by atoms with Crippen molar-refractivity contribution in [1.29, 1.82) is 0 Å². The molecular formula is C10H13BrCl2N2O2S. The molecule has 102 valence electrons. The molecule has 4 nitrogen and oxygen atoms in total. The molecule has 0 aliphatic carbocycles. The van der Waals surface area contributed by atoms with Crippen LogP contribution >= 0.6 is 39.9 Å². The van der Waals surface area contributed by atoms with Gasteiger partial charge in [0.25, 0.3) is 0 Å². The Hall–Kier alpha value is 0.150. The molecule has 2 N–H and O–H groups in total. The van der Waals surface area contributed by atoms with Crippen LogP contribution in [0.4, 0.5) is 0 Å². The van der Waals surface area contributed by atoms with Crippen molar-refractivity contribution in [1.82, 2.24) is 4.31 Å². The summed E-state index contributed by atoms with van der Waals surface area (Å²) in [6.07, 6.45) is 0.698. The van der Waals surface area contributed by atoms with Crippen LogP contribution in [0.2, 0.25) is 5.02 Å². The van der Waals surface area contributed by atoms with Crippen molar-refractivity contribution in [3.8, 4) is 0 Å². The Morgan fingerprint density at radius 1 is 1.44 bits per heavy atom. The molecule has 1 aromatic rings. The van der Waals surface area contributed by atoms with Crippen LogP contribution in [0.15, 0.2) is 27.6 Å². The maximum absolute atomic E-state index is 12.2. The molecule has 0 radical (unpaired) electrons. The number of sulfonamides is 1. The van der Waals surface area contributed by atoms with E-state index in [1.165, 1.54) is 16.4 Å². The van der Waals surface area contributed by atoms with Gasteiger partial charge in [-0.2, -0.15) is 4.31 Å². The van der Waals surface area contributed by atoms with Gasteiger partial charge in [-0.25, -0.2) is 8.42 Å². The molecular weight excluding hydrogens is 363 g/mol. The van der Waals surface area contributed by atoms with E-state index in [2.05, 4.69) is 15.9 Å². The first-order valence-corrected chi connectivity index (χ1v) is 7.73. The van der Waals surface area contributed by atoms with Crippen molar-refractivity contribution in [2.75, 3.05) is 13.1 Å². The van der Waals surface area contributed by atoms with Gasteiger partial charge in [-0.15, -0.1) is 12.4 Å². The third kappa shape index (κ3) is 3.18. The average molecular weight is 376 g/mol. The van der Waals surface area contributed by atoms with Crippen molar-refractivity contribution in [3.05, 3.63) is 27.7 Å². The Morgan fingerprint density at radius 2 is 2.11 bits per heavy atom. The monoisotopic (exact) mass is 374 g/mol. The molecule has 2 rings (SSSR count). The highest BCUT2D eigenvalue weighted by Gasteiger charge is 2.31. The van der Waals surface area contributed by atoms with Gasteiger partial charge in [0.15, 0.2) is 0 Å². The molecule has 1 aromatic carbocycles. The number of halogens is 3. The van der Waals surface area contributed by atoms with E-state index in [9.17, 15) is 8.42 Å². The van der Waals surface area contributed by atoms with Crippen molar-refractivity contribution >= 4 is 50.0 Å². The van der Waals surface area contributed by atoms with E-state index in [1.807, 2.05) is 0 Å². The highest BCUT2D eigenvalue weighted by atomic mass is 79.9. The largest absolute Gasteiger partial charge is 0.326 e. The second kappa shape index (κ2) is 6.07. The topological polar surface area (TPSA) is 63.4 Å². The first-order chi connectivity index (χ1) is 7.91. The van der Waals surface area contributed by atoms with Gasteiger partial charge in [0.1, 0.15) is 0 Å². The van der Waals surface area contributed by atoms with Crippen molar-refractivity contribution in [3.63, 3.8) is 0 Å². The number of hydrogen-bond donors (Lipinski definition) is 1. The minimum absolute atomic E-state index is 0. The third-order valence-electron chi connectivity index (χ3n) is 2.72. The summed E-state index contributed by atoms with van der Waals surface area (Å²) in [6, 6.07) is 4.54. The summed E-state index contributed by atoms with van der Waals surface area (Å²) in [5, 5.41) is 0.384. The minimum Gasteiger partial charge on any atom is -0.326 e. The molecule has 1 heterocycles. The Kier molecular flexibility index (Phi) is 5.46. The quantitative estimate of drug-likeness (QED) is 0.862. The minimum atomic E-state index is -3.46. The van der Waals surface area contributed by atoms with Gasteiger partial charge in [-0.05, 0) is 40.5 Å². The molecule has 0 bridgehead atoms. The predicted octanol–water partition coefficient (Wildman–Crippen LogP) is 2.25. The molecule has 18 heavy (non-hydrogen) atoms. The lowest BCUT2D eigenvalue weighted by molar-refractivity contribution is 0.472. The van der Waals surface area contributed by atoms with Gasteiger partial charge < -0.3 is 5.73 Å². The molecule has 0 unspecified atom stereocenters. The van der Waals surface area contributed by atoms with Crippen LogP contribution < -0.4 is 5.73 Å². The summed E-state index contributed by atoms with van der Waals surface area (Å²) in [7, 11) is -3.46. The second-order valence-corrected chi connectivity index (χ2v) is 7.19. The zero-order chi connectivity index (χ0) is 12.6. The fourth-order valence-electron chi connectivity index (χ4n) is 1.76.